The van der Waals surface area contributed by atoms with Crippen LogP contribution < -0.4 is 9.62 Å². The minimum absolute atomic E-state index is 0.00575. The van der Waals surface area contributed by atoms with E-state index in [1.165, 1.54) is 11.0 Å². The Balaban J connectivity index is 1.72. The lowest BCUT2D eigenvalue weighted by Gasteiger charge is -2.35. The Bertz CT molecular complexity index is 1520. The zero-order valence-electron chi connectivity index (χ0n) is 26.1. The summed E-state index contributed by atoms with van der Waals surface area (Å²) in [5, 5.41) is 3.15. The fourth-order valence-electron chi connectivity index (χ4n) is 5.65. The smallest absolute Gasteiger partial charge is 0.244 e. The van der Waals surface area contributed by atoms with E-state index in [1.54, 1.807) is 30.3 Å². The Morgan fingerprint density at radius 3 is 2.11 bits per heavy atom. The Kier molecular flexibility index (Phi) is 10.8. The molecule has 4 rings (SSSR count). The predicted octanol–water partition coefficient (Wildman–Crippen LogP) is 5.98. The highest BCUT2D eigenvalue weighted by atomic mass is 32.2. The summed E-state index contributed by atoms with van der Waals surface area (Å²) in [5.41, 5.74) is 2.29. The average molecular weight is 622 g/mol. The van der Waals surface area contributed by atoms with E-state index >= 15 is 0 Å². The quantitative estimate of drug-likeness (QED) is 0.286. The van der Waals surface area contributed by atoms with Gasteiger partial charge in [-0.2, -0.15) is 0 Å². The third-order valence-corrected chi connectivity index (χ3v) is 9.36. The van der Waals surface area contributed by atoms with Crippen LogP contribution in [0, 0.1) is 5.82 Å². The van der Waals surface area contributed by atoms with Crippen LogP contribution in [0.2, 0.25) is 0 Å². The maximum absolute atomic E-state index is 15.0. The number of sulfonamides is 1. The molecule has 0 saturated heterocycles. The van der Waals surface area contributed by atoms with E-state index in [-0.39, 0.29) is 35.9 Å². The number of rotatable bonds is 11. The molecule has 0 heterocycles. The van der Waals surface area contributed by atoms with Gasteiger partial charge in [-0.05, 0) is 47.6 Å². The topological polar surface area (TPSA) is 86.8 Å². The molecule has 1 aliphatic rings. The number of hydrogen-bond donors (Lipinski definition) is 1. The second kappa shape index (κ2) is 14.4. The molecule has 9 heteroatoms. The lowest BCUT2D eigenvalue weighted by molar-refractivity contribution is -0.140. The molecule has 236 valence electrons. The van der Waals surface area contributed by atoms with Crippen LogP contribution in [0.5, 0.6) is 0 Å². The minimum Gasteiger partial charge on any atom is -0.352 e. The molecular formula is C35H44FN3O4S. The summed E-state index contributed by atoms with van der Waals surface area (Å²) >= 11 is 0. The van der Waals surface area contributed by atoms with Crippen LogP contribution in [-0.4, -0.2) is 50.0 Å². The maximum Gasteiger partial charge on any atom is 0.244 e. The van der Waals surface area contributed by atoms with Gasteiger partial charge in [-0.15, -0.1) is 0 Å². The van der Waals surface area contributed by atoms with E-state index in [0.717, 1.165) is 53.8 Å². The van der Waals surface area contributed by atoms with Crippen molar-refractivity contribution >= 4 is 27.5 Å². The Morgan fingerprint density at radius 2 is 1.52 bits per heavy atom. The van der Waals surface area contributed by atoms with Crippen molar-refractivity contribution in [3.63, 3.8) is 0 Å². The number of benzene rings is 3. The minimum atomic E-state index is -3.89. The van der Waals surface area contributed by atoms with Crippen molar-refractivity contribution in [2.75, 3.05) is 17.1 Å². The van der Waals surface area contributed by atoms with Gasteiger partial charge in [0.25, 0.3) is 0 Å². The molecule has 1 saturated carbocycles. The number of halogens is 1. The van der Waals surface area contributed by atoms with E-state index in [0.29, 0.717) is 5.69 Å². The first-order valence-electron chi connectivity index (χ1n) is 15.3. The van der Waals surface area contributed by atoms with Crippen LogP contribution in [0.15, 0.2) is 78.9 Å². The second-order valence-corrected chi connectivity index (χ2v) is 14.6. The number of nitrogens with zero attached hydrogens (tertiary/aromatic N) is 2. The Labute approximate surface area is 261 Å². The van der Waals surface area contributed by atoms with Crippen LogP contribution >= 0.6 is 0 Å². The van der Waals surface area contributed by atoms with Crippen LogP contribution in [-0.2, 0) is 38.0 Å². The second-order valence-electron chi connectivity index (χ2n) is 12.7. The first kappa shape index (κ1) is 33.2. The lowest BCUT2D eigenvalue weighted by Crippen LogP contribution is -2.55. The molecule has 3 aromatic rings. The van der Waals surface area contributed by atoms with E-state index in [1.807, 2.05) is 42.5 Å². The average Bonchev–Trinajstić information content (AvgIpc) is 2.98. The molecule has 1 N–H and O–H groups in total. The first-order valence-corrected chi connectivity index (χ1v) is 17.1. The van der Waals surface area contributed by atoms with Crippen molar-refractivity contribution in [1.82, 2.24) is 10.2 Å². The molecule has 7 nitrogen and oxygen atoms in total. The highest BCUT2D eigenvalue weighted by Gasteiger charge is 2.34. The van der Waals surface area contributed by atoms with Crippen molar-refractivity contribution in [3.8, 4) is 0 Å². The van der Waals surface area contributed by atoms with Gasteiger partial charge in [0.05, 0.1) is 11.9 Å². The summed E-state index contributed by atoms with van der Waals surface area (Å²) in [4.78, 5) is 29.6. The first-order chi connectivity index (χ1) is 20.8. The normalized spacial score (nSPS) is 14.9. The Morgan fingerprint density at radius 1 is 0.909 bits per heavy atom. The third-order valence-electron chi connectivity index (χ3n) is 8.22. The summed E-state index contributed by atoms with van der Waals surface area (Å²) in [5.74, 6) is -1.43. The lowest BCUT2D eigenvalue weighted by atomic mass is 9.87. The van der Waals surface area contributed by atoms with Crippen molar-refractivity contribution in [3.05, 3.63) is 101 Å². The molecular weight excluding hydrogens is 577 g/mol. The monoisotopic (exact) mass is 621 g/mol. The van der Waals surface area contributed by atoms with Crippen molar-refractivity contribution in [1.29, 1.82) is 0 Å². The van der Waals surface area contributed by atoms with Crippen LogP contribution in [0.4, 0.5) is 10.1 Å². The number of carbonyl (C=O) groups is 2. The molecule has 0 aliphatic heterocycles. The van der Waals surface area contributed by atoms with Gasteiger partial charge < -0.3 is 10.2 Å². The Hall–Kier alpha value is -3.72. The van der Waals surface area contributed by atoms with E-state index < -0.39 is 34.3 Å². The molecule has 1 aliphatic carbocycles. The molecule has 2 amide bonds. The van der Waals surface area contributed by atoms with Gasteiger partial charge in [0.1, 0.15) is 18.4 Å². The summed E-state index contributed by atoms with van der Waals surface area (Å²) < 4.78 is 42.1. The summed E-state index contributed by atoms with van der Waals surface area (Å²) in [7, 11) is -3.89. The molecule has 0 spiro atoms. The standard InChI is InChI=1S/C35H44FN3O4S/c1-35(2,3)28-19-21-30(22-20-28)39(44(4,42)43)25-33(40)38(24-27-15-11-12-18-31(27)36)32(23-26-13-7-5-8-14-26)34(41)37-29-16-9-6-10-17-29/h5,7-8,11-15,18-22,29,32H,6,9-10,16-17,23-25H2,1-4H3,(H,37,41)/t32-/m0/s1. The molecule has 0 aromatic heterocycles. The van der Waals surface area contributed by atoms with Crippen LogP contribution in [0.3, 0.4) is 0 Å². The number of amides is 2. The number of nitrogens with one attached hydrogen (secondary N) is 1. The largest absolute Gasteiger partial charge is 0.352 e. The molecule has 1 atom stereocenters. The number of carbonyl (C=O) groups excluding carboxylic acids is 2. The summed E-state index contributed by atoms with van der Waals surface area (Å²) in [6.07, 6.45) is 6.12. The highest BCUT2D eigenvalue weighted by Crippen LogP contribution is 2.27. The van der Waals surface area contributed by atoms with E-state index in [2.05, 4.69) is 26.1 Å². The highest BCUT2D eigenvalue weighted by molar-refractivity contribution is 7.92. The van der Waals surface area contributed by atoms with Gasteiger partial charge in [-0.25, -0.2) is 12.8 Å². The third kappa shape index (κ3) is 8.91. The van der Waals surface area contributed by atoms with Gasteiger partial charge in [-0.1, -0.05) is 101 Å². The number of anilines is 1. The zero-order valence-corrected chi connectivity index (χ0v) is 26.9. The van der Waals surface area contributed by atoms with Gasteiger partial charge >= 0.3 is 0 Å². The van der Waals surface area contributed by atoms with Crippen molar-refractivity contribution < 1.29 is 22.4 Å². The fourth-order valence-corrected chi connectivity index (χ4v) is 6.50. The SMILES string of the molecule is CC(C)(C)c1ccc(N(CC(=O)N(Cc2ccccc2F)[C@@H](Cc2ccccc2)C(=O)NC2CCCCC2)S(C)(=O)=O)cc1. The summed E-state index contributed by atoms with van der Waals surface area (Å²) in [6.45, 7) is 5.45. The molecule has 3 aromatic carbocycles. The zero-order chi connectivity index (χ0) is 31.9. The predicted molar refractivity (Wildman–Crippen MR) is 173 cm³/mol. The molecule has 0 bridgehead atoms. The molecule has 1 fully saturated rings. The van der Waals surface area contributed by atoms with E-state index in [9.17, 15) is 22.4 Å². The maximum atomic E-state index is 15.0. The van der Waals surface area contributed by atoms with Gasteiger partial charge in [-0.3, -0.25) is 13.9 Å². The van der Waals surface area contributed by atoms with Crippen molar-refractivity contribution in [2.45, 2.75) is 83.3 Å². The van der Waals surface area contributed by atoms with E-state index in [4.69, 9.17) is 0 Å². The van der Waals surface area contributed by atoms with Crippen LogP contribution in [0.1, 0.15) is 69.6 Å². The van der Waals surface area contributed by atoms with Crippen LogP contribution in [0.25, 0.3) is 0 Å². The van der Waals surface area contributed by atoms with Crippen molar-refractivity contribution in [2.24, 2.45) is 0 Å². The van der Waals surface area contributed by atoms with Gasteiger partial charge in [0, 0.05) is 24.6 Å². The number of hydrogen-bond acceptors (Lipinski definition) is 4. The van der Waals surface area contributed by atoms with Gasteiger partial charge in [0.2, 0.25) is 21.8 Å². The van der Waals surface area contributed by atoms with Gasteiger partial charge in [0.15, 0.2) is 0 Å². The molecule has 0 unspecified atom stereocenters. The molecule has 0 radical (unpaired) electrons. The fraction of sp³-hybridized carbons (Fsp3) is 0.429. The molecule has 44 heavy (non-hydrogen) atoms. The summed E-state index contributed by atoms with van der Waals surface area (Å²) in [6, 6.07) is 21.6.